The van der Waals surface area contributed by atoms with Gasteiger partial charge in [0.15, 0.2) is 0 Å². The Morgan fingerprint density at radius 3 is 2.66 bits per heavy atom. The Hall–Kier alpha value is -4.14. The molecular weight excluding hydrogens is 408 g/mol. The Bertz CT molecular complexity index is 1290. The predicted molar refractivity (Wildman–Crippen MR) is 119 cm³/mol. The Kier molecular flexibility index (Phi) is 5.06. The molecule has 162 valence electrons. The fourth-order valence-electron chi connectivity index (χ4n) is 3.82. The van der Waals surface area contributed by atoms with Crippen LogP contribution in [0.15, 0.2) is 61.1 Å². The van der Waals surface area contributed by atoms with E-state index in [1.54, 1.807) is 24.1 Å². The molecular formula is C23H22N6O3. The first-order valence-corrected chi connectivity index (χ1v) is 10.4. The van der Waals surface area contributed by atoms with E-state index in [2.05, 4.69) is 15.4 Å². The van der Waals surface area contributed by atoms with Gasteiger partial charge in [0, 0.05) is 49.8 Å². The molecule has 1 fully saturated rings. The van der Waals surface area contributed by atoms with Crippen molar-refractivity contribution >= 4 is 23.3 Å². The lowest BCUT2D eigenvalue weighted by Gasteiger charge is -2.15. The zero-order chi connectivity index (χ0) is 22.1. The van der Waals surface area contributed by atoms with Crippen molar-refractivity contribution in [1.82, 2.24) is 24.1 Å². The standard InChI is InChI=1S/C23H22N6O3/c1-27-22(18(14-24-27)21(30)28-10-5-6-11-28)32-23(31)25-17-9-12-29-15-19(26-20(29)13-17)16-7-3-2-4-8-16/h2-4,7-9,12-15H,5-6,10-11H2,1H3,(H,25,31). The molecule has 0 spiro atoms. The monoisotopic (exact) mass is 430 g/mol. The molecule has 0 saturated carbocycles. The Morgan fingerprint density at radius 2 is 1.88 bits per heavy atom. The summed E-state index contributed by atoms with van der Waals surface area (Å²) in [4.78, 5) is 31.7. The number of likely N-dealkylation sites (tertiary alicyclic amines) is 1. The zero-order valence-electron chi connectivity index (χ0n) is 17.6. The van der Waals surface area contributed by atoms with Crippen LogP contribution in [0, 0.1) is 0 Å². The minimum Gasteiger partial charge on any atom is -0.390 e. The summed E-state index contributed by atoms with van der Waals surface area (Å²) in [6, 6.07) is 13.4. The smallest absolute Gasteiger partial charge is 0.390 e. The van der Waals surface area contributed by atoms with Gasteiger partial charge in [0.05, 0.1) is 11.9 Å². The summed E-state index contributed by atoms with van der Waals surface area (Å²) in [6.45, 7) is 1.41. The van der Waals surface area contributed by atoms with Gasteiger partial charge in [0.2, 0.25) is 5.88 Å². The number of hydrogen-bond acceptors (Lipinski definition) is 5. The molecule has 0 aliphatic carbocycles. The van der Waals surface area contributed by atoms with Gasteiger partial charge in [-0.15, -0.1) is 0 Å². The molecule has 5 rings (SSSR count). The van der Waals surface area contributed by atoms with Crippen LogP contribution < -0.4 is 10.1 Å². The topological polar surface area (TPSA) is 93.8 Å². The van der Waals surface area contributed by atoms with Gasteiger partial charge in [0.1, 0.15) is 11.2 Å². The van der Waals surface area contributed by atoms with Crippen molar-refractivity contribution in [2.45, 2.75) is 12.8 Å². The molecule has 9 heteroatoms. The van der Waals surface area contributed by atoms with Gasteiger partial charge in [-0.1, -0.05) is 30.3 Å². The Balaban J connectivity index is 1.32. The van der Waals surface area contributed by atoms with Crippen LogP contribution in [0.1, 0.15) is 23.2 Å². The van der Waals surface area contributed by atoms with Crippen LogP contribution in [-0.4, -0.2) is 49.2 Å². The van der Waals surface area contributed by atoms with Crippen LogP contribution in [-0.2, 0) is 7.05 Å². The highest BCUT2D eigenvalue weighted by atomic mass is 16.6. The minimum atomic E-state index is -0.705. The summed E-state index contributed by atoms with van der Waals surface area (Å²) in [5.41, 5.74) is 3.34. The van der Waals surface area contributed by atoms with Gasteiger partial charge in [-0.05, 0) is 18.9 Å². The molecule has 0 bridgehead atoms. The normalized spacial score (nSPS) is 13.5. The number of ether oxygens (including phenoxy) is 1. The molecule has 2 amide bonds. The SMILES string of the molecule is Cn1ncc(C(=O)N2CCCC2)c1OC(=O)Nc1ccn2cc(-c3ccccc3)nc2c1. The second-order valence-electron chi connectivity index (χ2n) is 7.67. The van der Waals surface area contributed by atoms with Crippen molar-refractivity contribution in [3.63, 3.8) is 0 Å². The van der Waals surface area contributed by atoms with E-state index in [0.29, 0.717) is 24.4 Å². The van der Waals surface area contributed by atoms with Gasteiger partial charge in [0.25, 0.3) is 5.91 Å². The van der Waals surface area contributed by atoms with E-state index >= 15 is 0 Å². The quantitative estimate of drug-likeness (QED) is 0.534. The third kappa shape index (κ3) is 3.80. The number of imidazole rings is 1. The summed E-state index contributed by atoms with van der Waals surface area (Å²) in [5.74, 6) is -0.0571. The summed E-state index contributed by atoms with van der Waals surface area (Å²) in [7, 11) is 1.63. The van der Waals surface area contributed by atoms with Gasteiger partial charge in [-0.3, -0.25) is 10.1 Å². The lowest BCUT2D eigenvalue weighted by molar-refractivity contribution is 0.0790. The van der Waals surface area contributed by atoms with E-state index in [-0.39, 0.29) is 17.4 Å². The number of nitrogens with zero attached hydrogens (tertiary/aromatic N) is 5. The fraction of sp³-hybridized carbons (Fsp3) is 0.217. The van der Waals surface area contributed by atoms with E-state index in [4.69, 9.17) is 4.74 Å². The molecule has 1 saturated heterocycles. The summed E-state index contributed by atoms with van der Waals surface area (Å²) < 4.78 is 8.73. The Morgan fingerprint density at radius 1 is 1.09 bits per heavy atom. The van der Waals surface area contributed by atoms with Gasteiger partial charge >= 0.3 is 6.09 Å². The second-order valence-corrected chi connectivity index (χ2v) is 7.67. The third-order valence-corrected chi connectivity index (χ3v) is 5.47. The number of aromatic nitrogens is 4. The van der Waals surface area contributed by atoms with Crippen LogP contribution >= 0.6 is 0 Å². The van der Waals surface area contributed by atoms with E-state index < -0.39 is 6.09 Å². The molecule has 4 heterocycles. The molecule has 0 radical (unpaired) electrons. The maximum absolute atomic E-state index is 12.7. The Labute approximate surface area is 184 Å². The van der Waals surface area contributed by atoms with Crippen molar-refractivity contribution in [3.8, 4) is 17.1 Å². The first kappa shape index (κ1) is 19.8. The largest absolute Gasteiger partial charge is 0.418 e. The van der Waals surface area contributed by atoms with Gasteiger partial charge in [-0.25, -0.2) is 14.5 Å². The number of fused-ring (bicyclic) bond motifs is 1. The van der Waals surface area contributed by atoms with E-state index in [1.165, 1.54) is 10.9 Å². The molecule has 1 N–H and O–H groups in total. The highest BCUT2D eigenvalue weighted by Gasteiger charge is 2.26. The molecule has 0 atom stereocenters. The highest BCUT2D eigenvalue weighted by Crippen LogP contribution is 2.23. The molecule has 1 aliphatic heterocycles. The molecule has 32 heavy (non-hydrogen) atoms. The van der Waals surface area contributed by atoms with Crippen LogP contribution in [0.5, 0.6) is 5.88 Å². The van der Waals surface area contributed by atoms with Gasteiger partial charge < -0.3 is 14.0 Å². The number of benzene rings is 1. The number of anilines is 1. The van der Waals surface area contributed by atoms with E-state index in [0.717, 1.165) is 24.1 Å². The molecule has 4 aromatic rings. The number of carbonyl (C=O) groups is 2. The number of aryl methyl sites for hydroxylation is 1. The maximum atomic E-state index is 12.7. The molecule has 1 aliphatic rings. The summed E-state index contributed by atoms with van der Waals surface area (Å²) >= 11 is 0. The lowest BCUT2D eigenvalue weighted by Crippen LogP contribution is -2.28. The van der Waals surface area contributed by atoms with Crippen LogP contribution in [0.25, 0.3) is 16.9 Å². The zero-order valence-corrected chi connectivity index (χ0v) is 17.6. The van der Waals surface area contributed by atoms with Crippen LogP contribution in [0.3, 0.4) is 0 Å². The van der Waals surface area contributed by atoms with E-state index in [1.807, 2.05) is 47.1 Å². The number of rotatable bonds is 4. The summed E-state index contributed by atoms with van der Waals surface area (Å²) in [5, 5.41) is 6.80. The van der Waals surface area contributed by atoms with Crippen molar-refractivity contribution in [3.05, 3.63) is 66.6 Å². The number of nitrogens with one attached hydrogen (secondary N) is 1. The van der Waals surface area contributed by atoms with Crippen molar-refractivity contribution in [2.75, 3.05) is 18.4 Å². The third-order valence-electron chi connectivity index (χ3n) is 5.47. The predicted octanol–water partition coefficient (Wildman–Crippen LogP) is 3.58. The van der Waals surface area contributed by atoms with Crippen molar-refractivity contribution in [2.24, 2.45) is 7.05 Å². The fourth-order valence-corrected chi connectivity index (χ4v) is 3.82. The first-order valence-electron chi connectivity index (χ1n) is 10.4. The average molecular weight is 430 g/mol. The van der Waals surface area contributed by atoms with Gasteiger partial charge in [-0.2, -0.15) is 5.10 Å². The summed E-state index contributed by atoms with van der Waals surface area (Å²) in [6.07, 6.45) is 6.43. The number of pyridine rings is 1. The number of amides is 2. The van der Waals surface area contributed by atoms with E-state index in [9.17, 15) is 9.59 Å². The minimum absolute atomic E-state index is 0.118. The van der Waals surface area contributed by atoms with Crippen molar-refractivity contribution < 1.29 is 14.3 Å². The maximum Gasteiger partial charge on any atom is 0.418 e. The first-order chi connectivity index (χ1) is 15.6. The van der Waals surface area contributed by atoms with Crippen LogP contribution in [0.4, 0.5) is 10.5 Å². The number of carbonyl (C=O) groups excluding carboxylic acids is 2. The molecule has 1 aromatic carbocycles. The lowest BCUT2D eigenvalue weighted by atomic mass is 10.2. The number of hydrogen-bond donors (Lipinski definition) is 1. The highest BCUT2D eigenvalue weighted by molar-refractivity contribution is 5.97. The second kappa shape index (κ2) is 8.18. The molecule has 3 aromatic heterocycles. The van der Waals surface area contributed by atoms with Crippen molar-refractivity contribution in [1.29, 1.82) is 0 Å². The molecule has 9 nitrogen and oxygen atoms in total. The molecule has 0 unspecified atom stereocenters. The average Bonchev–Trinajstić information content (AvgIpc) is 3.55. The van der Waals surface area contributed by atoms with Crippen LogP contribution in [0.2, 0.25) is 0 Å².